The summed E-state index contributed by atoms with van der Waals surface area (Å²) in [5.74, 6) is -1.37. The number of benzene rings is 12. The lowest BCUT2D eigenvalue weighted by atomic mass is 10.0. The van der Waals surface area contributed by atoms with Gasteiger partial charge >= 0.3 is 0 Å². The van der Waals surface area contributed by atoms with Gasteiger partial charge in [-0.3, -0.25) is 32.6 Å². The molecule has 0 atom stereocenters. The fraction of sp³-hybridized carbons (Fsp3) is 0.209. The van der Waals surface area contributed by atoms with E-state index in [0.717, 1.165) is 154 Å². The molecule has 5 heterocycles. The Morgan fingerprint density at radius 1 is 0.261 bits per heavy atom. The molecule has 5 aliphatic rings. The van der Waals surface area contributed by atoms with E-state index in [9.17, 15) is 66.1 Å². The van der Waals surface area contributed by atoms with Crippen LogP contribution in [0.4, 0.5) is 39.8 Å². The molecule has 0 spiro atoms. The van der Waals surface area contributed by atoms with Crippen molar-refractivity contribution in [1.82, 2.24) is 12.9 Å². The van der Waals surface area contributed by atoms with Crippen LogP contribution >= 0.6 is 31.9 Å². The Bertz CT molecular complexity index is 7000. The number of hydrogen-bond donors (Lipinski definition) is 5. The third-order valence-electron chi connectivity index (χ3n) is 23.7. The molecule has 0 radical (unpaired) electrons. The van der Waals surface area contributed by atoms with Gasteiger partial charge in [-0.15, -0.1) is 0 Å². The van der Waals surface area contributed by atoms with Crippen LogP contribution in [0.15, 0.2) is 361 Å². The van der Waals surface area contributed by atoms with Gasteiger partial charge in [0.1, 0.15) is 0 Å². The highest BCUT2D eigenvalue weighted by molar-refractivity contribution is 9.10. The number of carbonyl (C=O) groups excluding carboxylic acids is 5. The Hall–Kier alpha value is -13.1. The van der Waals surface area contributed by atoms with E-state index < -0.39 is 50.1 Å². The van der Waals surface area contributed by atoms with Crippen molar-refractivity contribution in [1.29, 1.82) is 0 Å². The van der Waals surface area contributed by atoms with E-state index in [2.05, 4.69) is 58.4 Å². The molecule has 3 saturated heterocycles. The number of nitrogens with one attached hydrogen (secondary N) is 5. The van der Waals surface area contributed by atoms with Gasteiger partial charge in [-0.25, -0.2) is 42.1 Å². The van der Waals surface area contributed by atoms with Gasteiger partial charge in [0.05, 0.1) is 35.9 Å². The van der Waals surface area contributed by atoms with E-state index in [0.29, 0.717) is 80.8 Å². The second-order valence-corrected chi connectivity index (χ2v) is 45.3. The summed E-state index contributed by atoms with van der Waals surface area (Å²) in [7, 11) is -17.7. The van der Waals surface area contributed by atoms with Crippen molar-refractivity contribution in [2.24, 2.45) is 0 Å². The highest BCUT2D eigenvalue weighted by Crippen LogP contribution is 2.36. The number of amides is 5. The van der Waals surface area contributed by atoms with Crippen LogP contribution in [0.2, 0.25) is 0 Å². The molecule has 12 aromatic rings. The molecule has 3 fully saturated rings. The largest absolute Gasteiger partial charge is 0.323 e. The fourth-order valence-electron chi connectivity index (χ4n) is 16.0. The third kappa shape index (κ3) is 30.2. The number of halogens is 2. The van der Waals surface area contributed by atoms with Crippen molar-refractivity contribution < 1.29 is 66.1 Å². The number of nitrogens with zero attached hydrogens (tertiary/aromatic N) is 5. The van der Waals surface area contributed by atoms with Gasteiger partial charge in [0.2, 0.25) is 59.6 Å². The number of aryl methyl sites for hydroxylation is 4. The first kappa shape index (κ1) is 106. The monoisotopic (exact) mass is 2130 g/mol. The topological polar surface area (TPSA) is 332 Å². The molecule has 142 heavy (non-hydrogen) atoms. The molecule has 12 aromatic carbocycles. The number of para-hydroxylation sites is 2. The van der Waals surface area contributed by atoms with Crippen molar-refractivity contribution >= 4 is 182 Å². The van der Waals surface area contributed by atoms with E-state index in [4.69, 9.17) is 0 Å². The Morgan fingerprint density at radius 3 is 0.873 bits per heavy atom. The zero-order valence-electron chi connectivity index (χ0n) is 78.6. The molecule has 0 aromatic heterocycles. The summed E-state index contributed by atoms with van der Waals surface area (Å²) < 4.78 is 138. The summed E-state index contributed by atoms with van der Waals surface area (Å²) >= 11 is 6.80. The van der Waals surface area contributed by atoms with E-state index in [1.54, 1.807) is 115 Å². The average molecular weight is 2130 g/mol. The lowest BCUT2D eigenvalue weighted by Gasteiger charge is -2.30. The van der Waals surface area contributed by atoms with Gasteiger partial charge in [-0.2, -0.15) is 12.9 Å². The summed E-state index contributed by atoms with van der Waals surface area (Å²) in [6, 6.07) is 87.1. The molecule has 0 unspecified atom stereocenters. The van der Waals surface area contributed by atoms with Gasteiger partial charge < -0.3 is 26.6 Å². The number of carbonyl (C=O) groups is 5. The molecule has 25 nitrogen and oxygen atoms in total. The zero-order chi connectivity index (χ0) is 101. The third-order valence-corrected chi connectivity index (χ3v) is 34.4. The highest BCUT2D eigenvalue weighted by Gasteiger charge is 2.33. The molecule has 736 valence electrons. The fourth-order valence-corrected chi connectivity index (χ4v) is 24.3. The normalized spacial score (nSPS) is 14.9. The van der Waals surface area contributed by atoms with Gasteiger partial charge in [-0.05, 0) is 305 Å². The van der Waals surface area contributed by atoms with Crippen molar-refractivity contribution in [2.45, 2.75) is 122 Å². The Morgan fingerprint density at radius 2 is 0.535 bits per heavy atom. The maximum atomic E-state index is 13.2. The van der Waals surface area contributed by atoms with Crippen LogP contribution in [0.1, 0.15) is 121 Å². The van der Waals surface area contributed by atoms with Crippen molar-refractivity contribution in [3.8, 4) is 0 Å². The average Bonchev–Trinajstić information content (AvgIpc) is 0.781. The molecule has 32 heteroatoms. The molecular weight excluding hydrogens is 2020 g/mol. The molecule has 5 N–H and O–H groups in total. The number of sulfonamides is 5. The first-order chi connectivity index (χ1) is 68.3. The molecule has 0 saturated carbocycles. The van der Waals surface area contributed by atoms with Crippen LogP contribution in [0.3, 0.4) is 0 Å². The van der Waals surface area contributed by atoms with Gasteiger partial charge in [-0.1, -0.05) is 202 Å². The summed E-state index contributed by atoms with van der Waals surface area (Å²) in [6.07, 6.45) is 27.9. The predicted octanol–water partition coefficient (Wildman–Crippen LogP) is 21.6. The van der Waals surface area contributed by atoms with Gasteiger partial charge in [0.15, 0.2) is 0 Å². The molecule has 0 aliphatic carbocycles. The van der Waals surface area contributed by atoms with Gasteiger partial charge in [0, 0.05) is 120 Å². The van der Waals surface area contributed by atoms with Crippen LogP contribution in [-0.2, 0) is 86.9 Å². The van der Waals surface area contributed by atoms with Crippen LogP contribution in [0.5, 0.6) is 0 Å². The maximum absolute atomic E-state index is 13.2. The lowest BCUT2D eigenvalue weighted by molar-refractivity contribution is -0.112. The minimum atomic E-state index is -3.67. The number of rotatable bonds is 25. The smallest absolute Gasteiger partial charge is 0.264 e. The maximum Gasteiger partial charge on any atom is 0.264 e. The minimum absolute atomic E-state index is 0.201. The minimum Gasteiger partial charge on any atom is -0.323 e. The SMILES string of the molecule is Cc1ccc(/C=C/C(=O)Nc2ccc(S(=O)(=O)N3CCCCC3)cc2)cc1.Cc1ccccc1/C=C/C(=O)Nc1ccc(S(=O)(=O)N2CCCCC2)cc1.O=C(/C=C/c1ccc(Br)cc1)Nc1ccc(S(=O)(=O)N2CCCc3ccccc32)cc1.O=C(/C=C/c1ccccc1)Nc1ccc(S(=O)(=O)N2CCCc3ccccc32)cc1.O=C(/C=C/c1ccccc1Br)Nc1ccc(S(=O)(=O)N2CCCCC2)cc1. The molecule has 5 aliphatic heterocycles. The van der Waals surface area contributed by atoms with Crippen LogP contribution in [0.25, 0.3) is 30.4 Å². The second-order valence-electron chi connectivity index (χ2n) is 34.0. The quantitative estimate of drug-likeness (QED) is 0.0332. The van der Waals surface area contributed by atoms with Crippen molar-refractivity contribution in [3.05, 3.63) is 387 Å². The predicted molar refractivity (Wildman–Crippen MR) is 574 cm³/mol. The summed E-state index contributed by atoms with van der Waals surface area (Å²) in [6.45, 7) is 8.35. The Balaban J connectivity index is 0.000000149. The van der Waals surface area contributed by atoms with Crippen LogP contribution in [0, 0.1) is 13.8 Å². The summed E-state index contributed by atoms with van der Waals surface area (Å²) in [5.41, 5.74) is 13.2. The zero-order valence-corrected chi connectivity index (χ0v) is 85.8. The molecule has 5 amide bonds. The highest BCUT2D eigenvalue weighted by atomic mass is 79.9. The van der Waals surface area contributed by atoms with E-state index >= 15 is 0 Å². The van der Waals surface area contributed by atoms with E-state index in [1.807, 2.05) is 190 Å². The number of hydrogen-bond acceptors (Lipinski definition) is 15. The van der Waals surface area contributed by atoms with Crippen LogP contribution in [-0.4, -0.2) is 137 Å². The Kier molecular flexibility index (Phi) is 38.2. The second kappa shape index (κ2) is 51.0. The summed E-state index contributed by atoms with van der Waals surface area (Å²) in [5, 5.41) is 13.7. The summed E-state index contributed by atoms with van der Waals surface area (Å²) in [4.78, 5) is 61.7. The standard InChI is InChI=1S/C24H21BrN2O3S.C24H22N2O3S.2C21H24N2O3S.C20H21BrN2O3S/c25-20-10-7-18(8-11-20)9-16-24(28)26-21-12-14-22(15-13-21)31(29,30)27-17-3-5-19-4-1-2-6-23(19)27;27-24(17-12-19-7-2-1-3-8-19)25-21-13-15-22(16-14-21)30(28,29)26-18-6-10-20-9-4-5-11-23(20)26;1-17-7-3-4-8-18(17)9-14-21(24)22-19-10-12-20(13-11-19)27(25,26)23-15-5-2-6-16-23;1-17-5-7-18(8-6-17)9-14-21(24)22-19-10-12-20(13-11-19)27(25,26)23-15-3-2-4-16-23;21-19-7-3-2-6-16(19)8-13-20(24)22-17-9-11-18(12-10-17)27(25,26)23-14-4-1-5-15-23/h1-2,4,6-16H,3,5,17H2,(H,26,28);1-5,7-9,11-17H,6,10,18H2,(H,25,27);3-4,7-14H,2,5-6,15-16H2,1H3,(H,22,24);5-14H,2-4,15-16H2,1H3,(H,22,24);2-3,6-13H,1,4-5,14-15H2,(H,22,24)/b16-9+;17-12+;2*14-9+;13-8+. The van der Waals surface area contributed by atoms with E-state index in [-0.39, 0.29) is 54.0 Å². The number of piperidine rings is 3. The number of fused-ring (bicyclic) bond motifs is 2. The molecule has 17 rings (SSSR count). The van der Waals surface area contributed by atoms with Crippen LogP contribution < -0.4 is 35.2 Å². The lowest BCUT2D eigenvalue weighted by Crippen LogP contribution is -2.35. The first-order valence-electron chi connectivity index (χ1n) is 46.7. The molecule has 0 bridgehead atoms. The number of anilines is 7. The van der Waals surface area contributed by atoms with Crippen molar-refractivity contribution in [3.63, 3.8) is 0 Å². The molecular formula is C110H112Br2N10O15S5. The van der Waals surface area contributed by atoms with Crippen molar-refractivity contribution in [2.75, 3.05) is 87.6 Å². The van der Waals surface area contributed by atoms with E-state index in [1.165, 1.54) is 88.3 Å². The Labute approximate surface area is 849 Å². The first-order valence-corrected chi connectivity index (χ1v) is 55.5. The van der Waals surface area contributed by atoms with Gasteiger partial charge in [0.25, 0.3) is 20.0 Å².